The summed E-state index contributed by atoms with van der Waals surface area (Å²) in [6.45, 7) is 1.31. The molecular weight excluding hydrogens is 276 g/mol. The zero-order valence-electron chi connectivity index (χ0n) is 9.96. The van der Waals surface area contributed by atoms with Crippen LogP contribution in [0.5, 0.6) is 0 Å². The van der Waals surface area contributed by atoms with Gasteiger partial charge in [-0.3, -0.25) is 0 Å². The Morgan fingerprint density at radius 1 is 1.56 bits per heavy atom. The standard InChI is InChI=1S/C11H13ClN2O3S/c1-8(7-15)14(2)18(16,17)10-4-3-9(6-13)11(12)5-10/h3-5,8,15H,7H2,1-2H3. The molecule has 0 amide bonds. The van der Waals surface area contributed by atoms with Gasteiger partial charge in [0.05, 0.1) is 22.1 Å². The maximum absolute atomic E-state index is 12.2. The fraction of sp³-hybridized carbons (Fsp3) is 0.364. The Hall–Kier alpha value is -1.13. The third-order valence-electron chi connectivity index (χ3n) is 2.62. The summed E-state index contributed by atoms with van der Waals surface area (Å²) in [6, 6.07) is 5.22. The Labute approximate surface area is 111 Å². The molecule has 1 atom stereocenters. The molecule has 0 aliphatic carbocycles. The van der Waals surface area contributed by atoms with Crippen LogP contribution in [-0.2, 0) is 10.0 Å². The van der Waals surface area contributed by atoms with Crippen LogP contribution in [0.1, 0.15) is 12.5 Å². The number of rotatable bonds is 4. The van der Waals surface area contributed by atoms with Gasteiger partial charge in [-0.1, -0.05) is 11.6 Å². The number of sulfonamides is 1. The Morgan fingerprint density at radius 2 is 2.17 bits per heavy atom. The van der Waals surface area contributed by atoms with Gasteiger partial charge in [-0.25, -0.2) is 8.42 Å². The van der Waals surface area contributed by atoms with Crippen molar-refractivity contribution in [2.45, 2.75) is 17.9 Å². The number of aliphatic hydroxyl groups is 1. The molecule has 18 heavy (non-hydrogen) atoms. The molecule has 0 saturated heterocycles. The smallest absolute Gasteiger partial charge is 0.243 e. The van der Waals surface area contributed by atoms with Gasteiger partial charge in [0.25, 0.3) is 0 Å². The predicted octanol–water partition coefficient (Wildman–Crippen LogP) is 1.21. The molecule has 0 aliphatic heterocycles. The summed E-state index contributed by atoms with van der Waals surface area (Å²) >= 11 is 5.80. The van der Waals surface area contributed by atoms with Gasteiger partial charge in [0.2, 0.25) is 10.0 Å². The average molecular weight is 289 g/mol. The highest BCUT2D eigenvalue weighted by atomic mass is 35.5. The normalized spacial score (nSPS) is 13.3. The summed E-state index contributed by atoms with van der Waals surface area (Å²) in [5, 5.41) is 17.8. The van der Waals surface area contributed by atoms with E-state index in [1.807, 2.05) is 6.07 Å². The maximum Gasteiger partial charge on any atom is 0.243 e. The largest absolute Gasteiger partial charge is 0.395 e. The number of nitrogens with zero attached hydrogens (tertiary/aromatic N) is 2. The molecule has 0 radical (unpaired) electrons. The molecule has 0 bridgehead atoms. The number of likely N-dealkylation sites (N-methyl/N-ethyl adjacent to an activating group) is 1. The SMILES string of the molecule is CC(CO)N(C)S(=O)(=O)c1ccc(C#N)c(Cl)c1. The number of benzene rings is 1. The summed E-state index contributed by atoms with van der Waals surface area (Å²) in [6.07, 6.45) is 0. The van der Waals surface area contributed by atoms with Crippen molar-refractivity contribution in [3.05, 3.63) is 28.8 Å². The first-order valence-corrected chi connectivity index (χ1v) is 6.95. The van der Waals surface area contributed by atoms with E-state index in [1.54, 1.807) is 6.92 Å². The van der Waals surface area contributed by atoms with Gasteiger partial charge in [0, 0.05) is 13.1 Å². The highest BCUT2D eigenvalue weighted by molar-refractivity contribution is 7.89. The van der Waals surface area contributed by atoms with E-state index in [-0.39, 0.29) is 22.1 Å². The maximum atomic E-state index is 12.2. The summed E-state index contributed by atoms with van der Waals surface area (Å²) < 4.78 is 25.4. The summed E-state index contributed by atoms with van der Waals surface area (Å²) in [5.74, 6) is 0. The van der Waals surface area contributed by atoms with E-state index in [1.165, 1.54) is 25.2 Å². The van der Waals surface area contributed by atoms with Crippen LogP contribution >= 0.6 is 11.6 Å². The molecule has 0 aliphatic rings. The van der Waals surface area contributed by atoms with Crippen LogP contribution in [0.4, 0.5) is 0 Å². The first-order valence-electron chi connectivity index (χ1n) is 5.13. The first kappa shape index (κ1) is 14.9. The molecule has 1 aromatic carbocycles. The quantitative estimate of drug-likeness (QED) is 0.903. The minimum atomic E-state index is -3.72. The van der Waals surface area contributed by atoms with Crippen molar-refractivity contribution in [3.63, 3.8) is 0 Å². The third kappa shape index (κ3) is 2.82. The fourth-order valence-electron chi connectivity index (χ4n) is 1.27. The van der Waals surface area contributed by atoms with E-state index in [0.29, 0.717) is 0 Å². The Balaban J connectivity index is 3.22. The van der Waals surface area contributed by atoms with Crippen molar-refractivity contribution in [2.24, 2.45) is 0 Å². The van der Waals surface area contributed by atoms with Gasteiger partial charge in [-0.05, 0) is 25.1 Å². The van der Waals surface area contributed by atoms with Crippen LogP contribution in [0.3, 0.4) is 0 Å². The minimum Gasteiger partial charge on any atom is -0.395 e. The second-order valence-corrected chi connectivity index (χ2v) is 6.21. The van der Waals surface area contributed by atoms with Crippen LogP contribution in [0.25, 0.3) is 0 Å². The monoisotopic (exact) mass is 288 g/mol. The highest BCUT2D eigenvalue weighted by Crippen LogP contribution is 2.23. The Bertz CT molecular complexity index is 580. The molecule has 0 aromatic heterocycles. The third-order valence-corrected chi connectivity index (χ3v) is 4.90. The molecule has 98 valence electrons. The van der Waals surface area contributed by atoms with E-state index in [0.717, 1.165) is 4.31 Å². The van der Waals surface area contributed by atoms with Gasteiger partial charge in [-0.15, -0.1) is 0 Å². The number of hydrogen-bond donors (Lipinski definition) is 1. The topological polar surface area (TPSA) is 81.4 Å². The van der Waals surface area contributed by atoms with E-state index in [2.05, 4.69) is 0 Å². The molecule has 7 heteroatoms. The van der Waals surface area contributed by atoms with Gasteiger partial charge >= 0.3 is 0 Å². The molecule has 1 N–H and O–H groups in total. The lowest BCUT2D eigenvalue weighted by molar-refractivity contribution is 0.214. The van der Waals surface area contributed by atoms with Crippen LogP contribution < -0.4 is 0 Å². The van der Waals surface area contributed by atoms with Crippen molar-refractivity contribution in [1.82, 2.24) is 4.31 Å². The number of halogens is 1. The molecule has 0 spiro atoms. The molecule has 1 unspecified atom stereocenters. The van der Waals surface area contributed by atoms with Crippen LogP contribution in [0, 0.1) is 11.3 Å². The molecular formula is C11H13ClN2O3S. The Morgan fingerprint density at radius 3 is 2.61 bits per heavy atom. The second kappa shape index (κ2) is 5.67. The average Bonchev–Trinajstić information content (AvgIpc) is 2.36. The molecule has 0 fully saturated rings. The molecule has 1 rings (SSSR count). The fourth-order valence-corrected chi connectivity index (χ4v) is 2.93. The molecule has 1 aromatic rings. The lowest BCUT2D eigenvalue weighted by atomic mass is 10.2. The highest BCUT2D eigenvalue weighted by Gasteiger charge is 2.25. The lowest BCUT2D eigenvalue weighted by Gasteiger charge is -2.22. The van der Waals surface area contributed by atoms with E-state index < -0.39 is 16.1 Å². The second-order valence-electron chi connectivity index (χ2n) is 3.81. The van der Waals surface area contributed by atoms with E-state index >= 15 is 0 Å². The van der Waals surface area contributed by atoms with Crippen molar-refractivity contribution in [2.75, 3.05) is 13.7 Å². The van der Waals surface area contributed by atoms with Crippen molar-refractivity contribution in [1.29, 1.82) is 5.26 Å². The number of nitriles is 1. The zero-order chi connectivity index (χ0) is 13.9. The molecule has 0 saturated carbocycles. The van der Waals surface area contributed by atoms with Crippen LogP contribution in [0.15, 0.2) is 23.1 Å². The summed E-state index contributed by atoms with van der Waals surface area (Å²) in [7, 11) is -2.34. The van der Waals surface area contributed by atoms with Crippen LogP contribution in [-0.4, -0.2) is 37.5 Å². The summed E-state index contributed by atoms with van der Waals surface area (Å²) in [4.78, 5) is -0.00528. The number of hydrogen-bond acceptors (Lipinski definition) is 4. The van der Waals surface area contributed by atoms with E-state index in [9.17, 15) is 8.42 Å². The zero-order valence-corrected chi connectivity index (χ0v) is 11.5. The molecule has 5 nitrogen and oxygen atoms in total. The van der Waals surface area contributed by atoms with Gasteiger partial charge < -0.3 is 5.11 Å². The van der Waals surface area contributed by atoms with E-state index in [4.69, 9.17) is 22.0 Å². The van der Waals surface area contributed by atoms with Crippen molar-refractivity contribution >= 4 is 21.6 Å². The Kier molecular flexibility index (Phi) is 4.71. The van der Waals surface area contributed by atoms with Gasteiger partial charge in [0.1, 0.15) is 6.07 Å². The van der Waals surface area contributed by atoms with Crippen molar-refractivity contribution < 1.29 is 13.5 Å². The first-order chi connectivity index (χ1) is 8.34. The van der Waals surface area contributed by atoms with Gasteiger partial charge in [0.15, 0.2) is 0 Å². The predicted molar refractivity (Wildman–Crippen MR) is 67.7 cm³/mol. The molecule has 0 heterocycles. The number of aliphatic hydroxyl groups excluding tert-OH is 1. The van der Waals surface area contributed by atoms with Gasteiger partial charge in [-0.2, -0.15) is 9.57 Å². The summed E-state index contributed by atoms with van der Waals surface area (Å²) in [5.41, 5.74) is 0.216. The van der Waals surface area contributed by atoms with Crippen molar-refractivity contribution in [3.8, 4) is 6.07 Å². The van der Waals surface area contributed by atoms with Crippen LogP contribution in [0.2, 0.25) is 5.02 Å². The lowest BCUT2D eigenvalue weighted by Crippen LogP contribution is -2.37. The minimum absolute atomic E-state index is 0.00528.